The van der Waals surface area contributed by atoms with Gasteiger partial charge in [-0.3, -0.25) is 4.98 Å². The summed E-state index contributed by atoms with van der Waals surface area (Å²) in [4.78, 5) is 27.3. The first-order valence-electron chi connectivity index (χ1n) is 17.8. The number of rotatable bonds is 8. The predicted octanol–water partition coefficient (Wildman–Crippen LogP) is 7.44. The maximum absolute atomic E-state index is 6.07. The fourth-order valence-electron chi connectivity index (χ4n) is 6.93. The SMILES string of the molecule is CC1CCCN1c1cccc(Nc2cc(Cl)nn3ccnc23)n1.COc1cncc(-c2cc(Nc3cccc(N4CCCC4C)n3)c3nccn3n2)c1. The highest BCUT2D eigenvalue weighted by Crippen LogP contribution is 2.30. The first-order chi connectivity index (χ1) is 25.9. The molecule has 270 valence electrons. The number of hydrogen-bond donors (Lipinski definition) is 2. The fraction of sp³-hybridized carbons (Fsp3) is 0.289. The molecule has 2 aliphatic heterocycles. The summed E-state index contributed by atoms with van der Waals surface area (Å²) in [5.41, 5.74) is 4.69. The molecule has 0 bridgehead atoms. The summed E-state index contributed by atoms with van der Waals surface area (Å²) in [5.74, 6) is 4.23. The molecule has 7 aromatic rings. The van der Waals surface area contributed by atoms with Gasteiger partial charge in [0.15, 0.2) is 16.4 Å². The maximum atomic E-state index is 6.07. The molecule has 2 N–H and O–H groups in total. The van der Waals surface area contributed by atoms with Crippen molar-refractivity contribution in [3.8, 4) is 17.0 Å². The number of hydrogen-bond acceptors (Lipinski definition) is 12. The van der Waals surface area contributed by atoms with Gasteiger partial charge in [-0.15, -0.1) is 0 Å². The van der Waals surface area contributed by atoms with E-state index in [9.17, 15) is 0 Å². The van der Waals surface area contributed by atoms with Crippen molar-refractivity contribution in [1.29, 1.82) is 0 Å². The number of nitrogens with one attached hydrogen (secondary N) is 2. The Balaban J connectivity index is 0.000000156. The minimum Gasteiger partial charge on any atom is -0.495 e. The molecule has 53 heavy (non-hydrogen) atoms. The predicted molar refractivity (Wildman–Crippen MR) is 208 cm³/mol. The normalized spacial score (nSPS) is 16.9. The van der Waals surface area contributed by atoms with Gasteiger partial charge < -0.3 is 25.2 Å². The van der Waals surface area contributed by atoms with Gasteiger partial charge in [0.2, 0.25) is 0 Å². The van der Waals surface area contributed by atoms with Crippen LogP contribution in [0, 0.1) is 0 Å². The number of ether oxygens (including phenoxy) is 1. The fourth-order valence-corrected chi connectivity index (χ4v) is 7.12. The third-order valence-electron chi connectivity index (χ3n) is 9.62. The second-order valence-electron chi connectivity index (χ2n) is 13.2. The highest BCUT2D eigenvalue weighted by molar-refractivity contribution is 6.29. The average molecular weight is 730 g/mol. The molecule has 0 aliphatic carbocycles. The van der Waals surface area contributed by atoms with Gasteiger partial charge >= 0.3 is 0 Å². The van der Waals surface area contributed by atoms with Crippen LogP contribution in [0.25, 0.3) is 22.6 Å². The lowest BCUT2D eigenvalue weighted by Crippen LogP contribution is -2.27. The Kier molecular flexibility index (Phi) is 9.59. The van der Waals surface area contributed by atoms with Gasteiger partial charge in [-0.25, -0.2) is 29.0 Å². The van der Waals surface area contributed by atoms with Crippen molar-refractivity contribution in [2.45, 2.75) is 51.6 Å². The molecule has 0 amide bonds. The zero-order valence-corrected chi connectivity index (χ0v) is 30.5. The number of halogens is 1. The van der Waals surface area contributed by atoms with Gasteiger partial charge in [-0.2, -0.15) is 10.2 Å². The van der Waals surface area contributed by atoms with Crippen molar-refractivity contribution in [2.24, 2.45) is 0 Å². The minimum absolute atomic E-state index is 0.405. The summed E-state index contributed by atoms with van der Waals surface area (Å²) >= 11 is 6.07. The maximum Gasteiger partial charge on any atom is 0.177 e. The molecule has 9 rings (SSSR count). The molecular weight excluding hydrogens is 690 g/mol. The van der Waals surface area contributed by atoms with Crippen LogP contribution in [0.4, 0.5) is 34.6 Å². The highest BCUT2D eigenvalue weighted by atomic mass is 35.5. The standard InChI is InChI=1S/C22H23N7O.C16H17ClN6/c1-15-5-4-9-28(15)21-7-3-6-20(26-21)25-19-12-18(27-29-10-8-24-22(19)29)16-11-17(30-2)14-23-13-16;1-11-4-3-8-22(11)15-6-2-5-14(20-15)19-12-10-13(17)21-23-9-7-18-16(12)23/h3,6-8,10-15H,4-5,9H2,1-2H3,(H,25,26);2,5-7,9-11H,3-4,8H2,1H3,(H,19,20). The molecule has 2 unspecified atom stereocenters. The van der Waals surface area contributed by atoms with E-state index in [1.807, 2.05) is 42.6 Å². The van der Waals surface area contributed by atoms with Crippen LogP contribution in [0.1, 0.15) is 39.5 Å². The number of imidazole rings is 2. The van der Waals surface area contributed by atoms with Gasteiger partial charge in [-0.1, -0.05) is 23.7 Å². The molecule has 14 nitrogen and oxygen atoms in total. The molecule has 2 atom stereocenters. The van der Waals surface area contributed by atoms with E-state index in [0.717, 1.165) is 70.3 Å². The Morgan fingerprint density at radius 1 is 0.736 bits per heavy atom. The zero-order valence-electron chi connectivity index (χ0n) is 29.8. The Morgan fingerprint density at radius 2 is 1.32 bits per heavy atom. The van der Waals surface area contributed by atoms with Crippen LogP contribution in [0.5, 0.6) is 5.75 Å². The summed E-state index contributed by atoms with van der Waals surface area (Å²) in [7, 11) is 1.63. The number of aromatic nitrogens is 9. The number of nitrogens with zero attached hydrogens (tertiary/aromatic N) is 11. The van der Waals surface area contributed by atoms with Crippen molar-refractivity contribution >= 4 is 57.5 Å². The van der Waals surface area contributed by atoms with Crippen LogP contribution in [-0.2, 0) is 0 Å². The van der Waals surface area contributed by atoms with Crippen molar-refractivity contribution < 1.29 is 4.74 Å². The van der Waals surface area contributed by atoms with Crippen LogP contribution in [-0.4, -0.2) is 76.4 Å². The van der Waals surface area contributed by atoms with E-state index in [4.69, 9.17) is 26.3 Å². The molecule has 0 saturated carbocycles. The third kappa shape index (κ3) is 7.35. The molecule has 2 aliphatic rings. The molecule has 7 aromatic heterocycles. The monoisotopic (exact) mass is 729 g/mol. The van der Waals surface area contributed by atoms with Crippen molar-refractivity contribution in [3.05, 3.63) is 96.9 Å². The number of methoxy groups -OCH3 is 1. The molecule has 15 heteroatoms. The Hall–Kier alpha value is -6.02. The molecule has 0 spiro atoms. The molecule has 0 aromatic carbocycles. The first kappa shape index (κ1) is 34.1. The van der Waals surface area contributed by atoms with E-state index in [1.54, 1.807) is 53.2 Å². The lowest BCUT2D eigenvalue weighted by Gasteiger charge is -2.23. The lowest BCUT2D eigenvalue weighted by atomic mass is 10.2. The van der Waals surface area contributed by atoms with Crippen LogP contribution in [0.15, 0.2) is 91.8 Å². The molecule has 2 fully saturated rings. The molecule has 0 radical (unpaired) electrons. The summed E-state index contributed by atoms with van der Waals surface area (Å²) in [5, 5.41) is 16.0. The van der Waals surface area contributed by atoms with E-state index in [-0.39, 0.29) is 0 Å². The number of pyridine rings is 3. The third-order valence-corrected chi connectivity index (χ3v) is 9.81. The van der Waals surface area contributed by atoms with Gasteiger partial charge in [0.1, 0.15) is 29.0 Å². The second kappa shape index (κ2) is 14.9. The van der Waals surface area contributed by atoms with Crippen LogP contribution < -0.4 is 25.2 Å². The Morgan fingerprint density at radius 3 is 1.89 bits per heavy atom. The summed E-state index contributed by atoms with van der Waals surface area (Å²) in [6.45, 7) is 6.60. The quantitative estimate of drug-likeness (QED) is 0.161. The smallest absolute Gasteiger partial charge is 0.177 e. The van der Waals surface area contributed by atoms with E-state index < -0.39 is 0 Å². The zero-order chi connectivity index (χ0) is 36.3. The van der Waals surface area contributed by atoms with Gasteiger partial charge in [-0.05, 0) is 75.9 Å². The summed E-state index contributed by atoms with van der Waals surface area (Å²) < 4.78 is 8.71. The number of fused-ring (bicyclic) bond motifs is 2. The highest BCUT2D eigenvalue weighted by Gasteiger charge is 2.23. The van der Waals surface area contributed by atoms with E-state index in [0.29, 0.717) is 23.0 Å². The molecule has 2 saturated heterocycles. The number of anilines is 6. The van der Waals surface area contributed by atoms with Crippen LogP contribution >= 0.6 is 11.6 Å². The van der Waals surface area contributed by atoms with Crippen LogP contribution in [0.2, 0.25) is 5.15 Å². The first-order valence-corrected chi connectivity index (χ1v) is 18.1. The lowest BCUT2D eigenvalue weighted by molar-refractivity contribution is 0.413. The van der Waals surface area contributed by atoms with Gasteiger partial charge in [0.05, 0.1) is 30.4 Å². The van der Waals surface area contributed by atoms with Crippen LogP contribution in [0.3, 0.4) is 0 Å². The largest absolute Gasteiger partial charge is 0.495 e. The van der Waals surface area contributed by atoms with E-state index >= 15 is 0 Å². The van der Waals surface area contributed by atoms with Crippen molar-refractivity contribution in [3.63, 3.8) is 0 Å². The molecular formula is C38H40ClN13O. The van der Waals surface area contributed by atoms with E-state index in [2.05, 4.69) is 71.6 Å². The summed E-state index contributed by atoms with van der Waals surface area (Å²) in [6.07, 6.45) is 15.3. The van der Waals surface area contributed by atoms with E-state index in [1.165, 1.54) is 25.7 Å². The van der Waals surface area contributed by atoms with Crippen molar-refractivity contribution in [2.75, 3.05) is 40.6 Å². The Bertz CT molecular complexity index is 2360. The Labute approximate surface area is 311 Å². The molecule has 9 heterocycles. The van der Waals surface area contributed by atoms with Gasteiger partial charge in [0.25, 0.3) is 0 Å². The average Bonchev–Trinajstić information content (AvgIpc) is 4.00. The minimum atomic E-state index is 0.405. The van der Waals surface area contributed by atoms with Gasteiger partial charge in [0, 0.05) is 67.8 Å². The summed E-state index contributed by atoms with van der Waals surface area (Å²) in [6, 6.07) is 18.8. The van der Waals surface area contributed by atoms with Crippen molar-refractivity contribution in [1.82, 2.24) is 44.1 Å². The topological polar surface area (TPSA) is 139 Å². The second-order valence-corrected chi connectivity index (χ2v) is 13.6.